The second-order valence-corrected chi connectivity index (χ2v) is 6.64. The number of anilines is 1. The van der Waals surface area contributed by atoms with E-state index in [0.29, 0.717) is 10.7 Å². The summed E-state index contributed by atoms with van der Waals surface area (Å²) >= 11 is 1.38. The molecule has 0 unspecified atom stereocenters. The van der Waals surface area contributed by atoms with Crippen LogP contribution in [-0.2, 0) is 16.6 Å². The molecule has 3 N–H and O–H groups in total. The second kappa shape index (κ2) is 4.85. The smallest absolute Gasteiger partial charge is 0.260 e. The molecule has 0 amide bonds. The summed E-state index contributed by atoms with van der Waals surface area (Å²) in [6.07, 6.45) is 3.23. The van der Waals surface area contributed by atoms with Crippen molar-refractivity contribution in [2.45, 2.75) is 11.6 Å². The Morgan fingerprint density at radius 2 is 2.25 bits per heavy atom. The highest BCUT2D eigenvalue weighted by Crippen LogP contribution is 2.20. The highest BCUT2D eigenvalue weighted by Gasteiger charge is 2.23. The van der Waals surface area contributed by atoms with Crippen molar-refractivity contribution in [1.29, 1.82) is 0 Å². The van der Waals surface area contributed by atoms with Gasteiger partial charge in [-0.1, -0.05) is 6.07 Å². The Labute approximate surface area is 119 Å². The molecule has 0 saturated carbocycles. The predicted octanol–water partition coefficient (Wildman–Crippen LogP) is 0.851. The molecule has 0 aliphatic carbocycles. The summed E-state index contributed by atoms with van der Waals surface area (Å²) in [5.74, 6) is -0.0251. The zero-order chi connectivity index (χ0) is 14.2. The molecule has 3 rings (SSSR count). The molecule has 3 heterocycles. The van der Waals surface area contributed by atoms with Crippen LogP contribution in [0.2, 0.25) is 0 Å². The minimum Gasteiger partial charge on any atom is -0.381 e. The quantitative estimate of drug-likeness (QED) is 0.744. The number of nitrogens with zero attached hydrogens (tertiary/aromatic N) is 3. The van der Waals surface area contributed by atoms with Gasteiger partial charge in [0.15, 0.2) is 10.8 Å². The molecule has 0 aliphatic heterocycles. The first-order valence-corrected chi connectivity index (χ1v) is 8.05. The van der Waals surface area contributed by atoms with Gasteiger partial charge in [0, 0.05) is 17.8 Å². The molecule has 9 heteroatoms. The largest absolute Gasteiger partial charge is 0.381 e. The number of hydrogen-bond donors (Lipinski definition) is 2. The number of sulfonamides is 1. The number of hydrogen-bond acceptors (Lipinski definition) is 6. The van der Waals surface area contributed by atoms with Crippen LogP contribution in [0.15, 0.2) is 41.0 Å². The number of thiazole rings is 1. The van der Waals surface area contributed by atoms with Gasteiger partial charge in [-0.05, 0) is 12.1 Å². The van der Waals surface area contributed by atoms with Crippen LogP contribution in [0.3, 0.4) is 0 Å². The summed E-state index contributed by atoms with van der Waals surface area (Å²) in [5.41, 5.74) is 6.21. The fourth-order valence-electron chi connectivity index (χ4n) is 1.82. The average Bonchev–Trinajstić information content (AvgIpc) is 3.02. The first-order chi connectivity index (χ1) is 9.58. The highest BCUT2D eigenvalue weighted by atomic mass is 32.2. The van der Waals surface area contributed by atoms with Gasteiger partial charge in [0.1, 0.15) is 10.7 Å². The molecule has 0 spiro atoms. The lowest BCUT2D eigenvalue weighted by atomic mass is 10.5. The summed E-state index contributed by atoms with van der Waals surface area (Å²) in [5, 5.41) is 2.41. The van der Waals surface area contributed by atoms with Gasteiger partial charge in [-0.25, -0.2) is 23.1 Å². The first-order valence-electron chi connectivity index (χ1n) is 5.68. The van der Waals surface area contributed by atoms with Gasteiger partial charge < -0.3 is 5.73 Å². The topological polar surface area (TPSA) is 102 Å². The number of imidazole rings is 1. The number of nitrogen functional groups attached to an aromatic ring is 1. The van der Waals surface area contributed by atoms with Crippen LogP contribution in [0.4, 0.5) is 5.82 Å². The molecule has 0 radical (unpaired) electrons. The average molecular weight is 309 g/mol. The number of aromatic nitrogens is 3. The van der Waals surface area contributed by atoms with Gasteiger partial charge in [-0.15, -0.1) is 11.3 Å². The van der Waals surface area contributed by atoms with Gasteiger partial charge >= 0.3 is 0 Å². The van der Waals surface area contributed by atoms with Crippen molar-refractivity contribution >= 4 is 32.8 Å². The minimum atomic E-state index is -3.76. The maximum atomic E-state index is 12.3. The van der Waals surface area contributed by atoms with Crippen molar-refractivity contribution in [3.63, 3.8) is 0 Å². The highest BCUT2D eigenvalue weighted by molar-refractivity contribution is 7.89. The van der Waals surface area contributed by atoms with Gasteiger partial charge in [0.05, 0.1) is 6.54 Å². The van der Waals surface area contributed by atoms with Crippen molar-refractivity contribution in [1.82, 2.24) is 19.1 Å². The molecule has 20 heavy (non-hydrogen) atoms. The Morgan fingerprint density at radius 3 is 3.00 bits per heavy atom. The zero-order valence-corrected chi connectivity index (χ0v) is 11.9. The van der Waals surface area contributed by atoms with E-state index in [1.165, 1.54) is 15.7 Å². The van der Waals surface area contributed by atoms with Gasteiger partial charge in [-0.3, -0.25) is 4.40 Å². The molecule has 104 valence electrons. The molecule has 3 aromatic rings. The molecule has 7 nitrogen and oxygen atoms in total. The molecule has 0 atom stereocenters. The van der Waals surface area contributed by atoms with E-state index >= 15 is 0 Å². The molecular formula is C11H11N5O2S2. The Balaban J connectivity index is 1.98. The summed E-state index contributed by atoms with van der Waals surface area (Å²) in [4.78, 5) is 8.06. The standard InChI is InChI=1S/C11H11N5O2S2/c12-10-11(16-5-2-1-3-8(16)15-10)20(17,18)14-7-9-13-4-6-19-9/h1-6,14H,7,12H2. The van der Waals surface area contributed by atoms with E-state index in [1.54, 1.807) is 36.0 Å². The maximum absolute atomic E-state index is 12.3. The zero-order valence-electron chi connectivity index (χ0n) is 10.2. The third kappa shape index (κ3) is 2.26. The third-order valence-corrected chi connectivity index (χ3v) is 4.88. The first kappa shape index (κ1) is 13.0. The number of rotatable bonds is 4. The monoisotopic (exact) mass is 309 g/mol. The number of fused-ring (bicyclic) bond motifs is 1. The van der Waals surface area contributed by atoms with E-state index in [4.69, 9.17) is 5.73 Å². The fourth-order valence-corrected chi connectivity index (χ4v) is 3.67. The minimum absolute atomic E-state index is 0.0251. The lowest BCUT2D eigenvalue weighted by Crippen LogP contribution is -2.25. The predicted molar refractivity (Wildman–Crippen MR) is 75.7 cm³/mol. The van der Waals surface area contributed by atoms with E-state index in [2.05, 4.69) is 14.7 Å². The van der Waals surface area contributed by atoms with Crippen LogP contribution in [0.1, 0.15) is 5.01 Å². The Kier molecular flexibility index (Phi) is 3.16. The lowest BCUT2D eigenvalue weighted by molar-refractivity contribution is 0.576. The van der Waals surface area contributed by atoms with Crippen molar-refractivity contribution in [2.75, 3.05) is 5.73 Å². The van der Waals surface area contributed by atoms with Crippen molar-refractivity contribution in [3.8, 4) is 0 Å². The van der Waals surface area contributed by atoms with E-state index < -0.39 is 10.0 Å². The molecule has 0 fully saturated rings. The Hall–Kier alpha value is -1.97. The van der Waals surface area contributed by atoms with Crippen LogP contribution in [-0.4, -0.2) is 22.8 Å². The van der Waals surface area contributed by atoms with E-state index in [0.717, 1.165) is 0 Å². The van der Waals surface area contributed by atoms with Crippen molar-refractivity contribution in [2.24, 2.45) is 0 Å². The van der Waals surface area contributed by atoms with Crippen LogP contribution in [0, 0.1) is 0 Å². The van der Waals surface area contributed by atoms with E-state index in [9.17, 15) is 8.42 Å². The van der Waals surface area contributed by atoms with E-state index in [-0.39, 0.29) is 17.4 Å². The number of pyridine rings is 1. The SMILES string of the molecule is Nc1nc2ccccn2c1S(=O)(=O)NCc1nccs1. The fraction of sp³-hybridized carbons (Fsp3) is 0.0909. The van der Waals surface area contributed by atoms with Crippen LogP contribution >= 0.6 is 11.3 Å². The summed E-state index contributed by atoms with van der Waals surface area (Å²) in [6.45, 7) is 0.125. The van der Waals surface area contributed by atoms with Gasteiger partial charge in [0.2, 0.25) is 0 Å². The second-order valence-electron chi connectivity index (χ2n) is 3.98. The summed E-state index contributed by atoms with van der Waals surface area (Å²) < 4.78 is 28.6. The van der Waals surface area contributed by atoms with Gasteiger partial charge in [0.25, 0.3) is 10.0 Å². The summed E-state index contributed by atoms with van der Waals surface area (Å²) in [7, 11) is -3.76. The van der Waals surface area contributed by atoms with Crippen LogP contribution in [0.5, 0.6) is 0 Å². The normalized spacial score (nSPS) is 12.0. The third-order valence-electron chi connectivity index (χ3n) is 2.66. The van der Waals surface area contributed by atoms with Crippen molar-refractivity contribution < 1.29 is 8.42 Å². The molecule has 0 aliphatic rings. The number of nitrogens with one attached hydrogen (secondary N) is 1. The van der Waals surface area contributed by atoms with Gasteiger partial charge in [-0.2, -0.15) is 0 Å². The molecule has 0 saturated heterocycles. The molecular weight excluding hydrogens is 298 g/mol. The van der Waals surface area contributed by atoms with Crippen LogP contribution < -0.4 is 10.5 Å². The number of nitrogens with two attached hydrogens (primary N) is 1. The Bertz CT molecular complexity index is 839. The molecule has 3 aromatic heterocycles. The van der Waals surface area contributed by atoms with Crippen molar-refractivity contribution in [3.05, 3.63) is 41.0 Å². The molecule has 0 aromatic carbocycles. The Morgan fingerprint density at radius 1 is 1.40 bits per heavy atom. The maximum Gasteiger partial charge on any atom is 0.260 e. The van der Waals surface area contributed by atoms with E-state index in [1.807, 2.05) is 0 Å². The summed E-state index contributed by atoms with van der Waals surface area (Å²) in [6, 6.07) is 5.17. The lowest BCUT2D eigenvalue weighted by Gasteiger charge is -2.05. The van der Waals surface area contributed by atoms with Crippen LogP contribution in [0.25, 0.3) is 5.65 Å². The molecule has 0 bridgehead atoms.